The van der Waals surface area contributed by atoms with E-state index >= 15 is 0 Å². The van der Waals surface area contributed by atoms with Crippen molar-refractivity contribution in [3.8, 4) is 0 Å². The van der Waals surface area contributed by atoms with Crippen LogP contribution in [0.5, 0.6) is 0 Å². The van der Waals surface area contributed by atoms with Crippen LogP contribution in [-0.4, -0.2) is 12.5 Å². The molecule has 1 atom stereocenters. The molecule has 11 heavy (non-hydrogen) atoms. The number of nitrogens with one attached hydrogen (secondary N) is 1. The monoisotopic (exact) mass is 155 g/mol. The molecule has 0 aliphatic heterocycles. The summed E-state index contributed by atoms with van der Waals surface area (Å²) in [6.07, 6.45) is 5.66. The van der Waals surface area contributed by atoms with Crippen LogP contribution < -0.4 is 5.32 Å². The molecule has 64 valence electrons. The largest absolute Gasteiger partial charge is 0.356 e. The van der Waals surface area contributed by atoms with Crippen LogP contribution in [-0.2, 0) is 4.79 Å². The summed E-state index contributed by atoms with van der Waals surface area (Å²) in [5.74, 6) is 0. The molecule has 1 amide bonds. The average Bonchev–Trinajstić information content (AvgIpc) is 1.85. The normalized spacial score (nSPS) is 29.5. The number of rotatable bonds is 2. The highest BCUT2D eigenvalue weighted by Crippen LogP contribution is 2.34. The van der Waals surface area contributed by atoms with Gasteiger partial charge in [-0.2, -0.15) is 0 Å². The molecule has 2 heteroatoms. The van der Waals surface area contributed by atoms with E-state index in [0.29, 0.717) is 11.5 Å². The second-order valence-corrected chi connectivity index (χ2v) is 4.24. The van der Waals surface area contributed by atoms with E-state index in [1.54, 1.807) is 0 Å². The Morgan fingerprint density at radius 3 is 2.82 bits per heavy atom. The van der Waals surface area contributed by atoms with E-state index in [9.17, 15) is 4.79 Å². The fraction of sp³-hybridized carbons (Fsp3) is 0.889. The topological polar surface area (TPSA) is 29.1 Å². The third kappa shape index (κ3) is 2.52. The quantitative estimate of drug-likeness (QED) is 0.604. The summed E-state index contributed by atoms with van der Waals surface area (Å²) in [6.45, 7) is 4.54. The SMILES string of the molecule is CC1(C)CCCC(NC=O)C1. The molecule has 1 fully saturated rings. The Hall–Kier alpha value is -0.530. The third-order valence-electron chi connectivity index (χ3n) is 2.51. The molecule has 2 nitrogen and oxygen atoms in total. The van der Waals surface area contributed by atoms with Crippen molar-refractivity contribution in [2.24, 2.45) is 5.41 Å². The van der Waals surface area contributed by atoms with E-state index in [1.807, 2.05) is 0 Å². The molecule has 0 aromatic heterocycles. The van der Waals surface area contributed by atoms with E-state index in [0.717, 1.165) is 19.3 Å². The van der Waals surface area contributed by atoms with Gasteiger partial charge in [0, 0.05) is 6.04 Å². The Morgan fingerprint density at radius 2 is 2.27 bits per heavy atom. The van der Waals surface area contributed by atoms with Crippen molar-refractivity contribution in [1.29, 1.82) is 0 Å². The first-order valence-corrected chi connectivity index (χ1v) is 4.34. The summed E-state index contributed by atoms with van der Waals surface area (Å²) in [4.78, 5) is 10.2. The maximum atomic E-state index is 10.2. The van der Waals surface area contributed by atoms with E-state index in [-0.39, 0.29) is 0 Å². The molecule has 0 saturated heterocycles. The molecule has 1 aliphatic carbocycles. The molecule has 0 spiro atoms. The lowest BCUT2D eigenvalue weighted by Gasteiger charge is -2.34. The third-order valence-corrected chi connectivity index (χ3v) is 2.51. The van der Waals surface area contributed by atoms with E-state index < -0.39 is 0 Å². The van der Waals surface area contributed by atoms with Gasteiger partial charge in [0.05, 0.1) is 0 Å². The lowest BCUT2D eigenvalue weighted by molar-refractivity contribution is -0.110. The first-order chi connectivity index (χ1) is 5.14. The van der Waals surface area contributed by atoms with Crippen molar-refractivity contribution in [3.05, 3.63) is 0 Å². The van der Waals surface area contributed by atoms with Gasteiger partial charge in [-0.05, 0) is 24.7 Å². The zero-order chi connectivity index (χ0) is 8.32. The van der Waals surface area contributed by atoms with E-state index in [4.69, 9.17) is 0 Å². The first-order valence-electron chi connectivity index (χ1n) is 4.34. The van der Waals surface area contributed by atoms with Crippen LogP contribution in [0.1, 0.15) is 39.5 Å². The molecule has 1 saturated carbocycles. The van der Waals surface area contributed by atoms with Crippen molar-refractivity contribution in [2.45, 2.75) is 45.6 Å². The lowest BCUT2D eigenvalue weighted by Crippen LogP contribution is -2.36. The zero-order valence-corrected chi connectivity index (χ0v) is 7.39. The molecule has 1 aliphatic rings. The van der Waals surface area contributed by atoms with Gasteiger partial charge in [-0.15, -0.1) is 0 Å². The van der Waals surface area contributed by atoms with Crippen molar-refractivity contribution in [3.63, 3.8) is 0 Å². The van der Waals surface area contributed by atoms with Crippen molar-refractivity contribution in [2.75, 3.05) is 0 Å². The van der Waals surface area contributed by atoms with Crippen LogP contribution in [0.4, 0.5) is 0 Å². The summed E-state index contributed by atoms with van der Waals surface area (Å²) in [7, 11) is 0. The van der Waals surface area contributed by atoms with Gasteiger partial charge in [0.25, 0.3) is 0 Å². The van der Waals surface area contributed by atoms with Crippen LogP contribution in [0.15, 0.2) is 0 Å². The zero-order valence-electron chi connectivity index (χ0n) is 7.39. The van der Waals surface area contributed by atoms with Gasteiger partial charge in [-0.1, -0.05) is 20.3 Å². The Kier molecular flexibility index (Phi) is 2.53. The molecule has 1 N–H and O–H groups in total. The lowest BCUT2D eigenvalue weighted by atomic mass is 9.75. The molecule has 0 heterocycles. The van der Waals surface area contributed by atoms with Gasteiger partial charge in [0.1, 0.15) is 0 Å². The second kappa shape index (κ2) is 3.24. The maximum Gasteiger partial charge on any atom is 0.207 e. The number of carbonyl (C=O) groups excluding carboxylic acids is 1. The predicted molar refractivity (Wildman–Crippen MR) is 45.2 cm³/mol. The fourth-order valence-electron chi connectivity index (χ4n) is 1.94. The fourth-order valence-corrected chi connectivity index (χ4v) is 1.94. The van der Waals surface area contributed by atoms with E-state index in [2.05, 4.69) is 19.2 Å². The Labute approximate surface area is 68.4 Å². The highest BCUT2D eigenvalue weighted by Gasteiger charge is 2.27. The average molecular weight is 155 g/mol. The smallest absolute Gasteiger partial charge is 0.207 e. The number of hydrogen-bond acceptors (Lipinski definition) is 1. The highest BCUT2D eigenvalue weighted by atomic mass is 16.1. The second-order valence-electron chi connectivity index (χ2n) is 4.24. The molecule has 0 bridgehead atoms. The van der Waals surface area contributed by atoms with Crippen LogP contribution in [0.2, 0.25) is 0 Å². The van der Waals surface area contributed by atoms with Gasteiger partial charge in [-0.25, -0.2) is 0 Å². The molecule has 1 rings (SSSR count). The van der Waals surface area contributed by atoms with Crippen molar-refractivity contribution < 1.29 is 4.79 Å². The Morgan fingerprint density at radius 1 is 1.55 bits per heavy atom. The van der Waals surface area contributed by atoms with E-state index in [1.165, 1.54) is 12.8 Å². The standard InChI is InChI=1S/C9H17NO/c1-9(2)5-3-4-8(6-9)10-7-11/h7-8H,3-6H2,1-2H3,(H,10,11). The Balaban J connectivity index is 2.39. The maximum absolute atomic E-state index is 10.2. The molecule has 0 radical (unpaired) electrons. The van der Waals surface area contributed by atoms with Gasteiger partial charge < -0.3 is 5.32 Å². The van der Waals surface area contributed by atoms with Crippen LogP contribution in [0.25, 0.3) is 0 Å². The minimum absolute atomic E-state index is 0.427. The van der Waals surface area contributed by atoms with Gasteiger partial charge >= 0.3 is 0 Å². The Bertz CT molecular complexity index is 142. The van der Waals surface area contributed by atoms with Gasteiger partial charge in [0.15, 0.2) is 0 Å². The molecule has 0 aromatic rings. The van der Waals surface area contributed by atoms with Crippen molar-refractivity contribution >= 4 is 6.41 Å². The molecular weight excluding hydrogens is 138 g/mol. The van der Waals surface area contributed by atoms with Gasteiger partial charge in [-0.3, -0.25) is 4.79 Å². The van der Waals surface area contributed by atoms with Crippen LogP contribution >= 0.6 is 0 Å². The van der Waals surface area contributed by atoms with Gasteiger partial charge in [0.2, 0.25) is 6.41 Å². The summed E-state index contributed by atoms with van der Waals surface area (Å²) < 4.78 is 0. The summed E-state index contributed by atoms with van der Waals surface area (Å²) in [6, 6.07) is 0.427. The minimum atomic E-state index is 0.427. The highest BCUT2D eigenvalue weighted by molar-refractivity contribution is 5.46. The summed E-state index contributed by atoms with van der Waals surface area (Å²) >= 11 is 0. The number of amides is 1. The van der Waals surface area contributed by atoms with Crippen LogP contribution in [0.3, 0.4) is 0 Å². The first kappa shape index (κ1) is 8.57. The number of carbonyl (C=O) groups is 1. The van der Waals surface area contributed by atoms with Crippen LogP contribution in [0, 0.1) is 5.41 Å². The number of hydrogen-bond donors (Lipinski definition) is 1. The minimum Gasteiger partial charge on any atom is -0.356 e. The molecular formula is C9H17NO. The summed E-state index contributed by atoms with van der Waals surface area (Å²) in [5, 5.41) is 2.86. The predicted octanol–water partition coefficient (Wildman–Crippen LogP) is 1.70. The van der Waals surface area contributed by atoms with Crippen molar-refractivity contribution in [1.82, 2.24) is 5.32 Å². The summed E-state index contributed by atoms with van der Waals surface area (Å²) in [5.41, 5.74) is 0.429. The molecule has 0 aromatic carbocycles. The molecule has 1 unspecified atom stereocenters.